The molecule has 2 aromatic rings. The second-order valence-electron chi connectivity index (χ2n) is 7.03. The number of piperidine rings is 1. The quantitative estimate of drug-likeness (QED) is 0.673. The van der Waals surface area contributed by atoms with Gasteiger partial charge in [-0.1, -0.05) is 41.4 Å². The number of hydrogen-bond acceptors (Lipinski definition) is 3. The molecule has 28 heavy (non-hydrogen) atoms. The topological polar surface area (TPSA) is 66.5 Å². The lowest BCUT2D eigenvalue weighted by atomic mass is 9.97. The number of amides is 1. The molecule has 0 aromatic heterocycles. The summed E-state index contributed by atoms with van der Waals surface area (Å²) >= 11 is 9.37. The first-order chi connectivity index (χ1) is 13.2. The van der Waals surface area contributed by atoms with Crippen LogP contribution in [0, 0.1) is 12.8 Å². The van der Waals surface area contributed by atoms with Crippen LogP contribution in [0.15, 0.2) is 46.9 Å². The molecule has 0 saturated carbocycles. The predicted octanol–water partition coefficient (Wildman–Crippen LogP) is 4.59. The van der Waals surface area contributed by atoms with Crippen LogP contribution in [0.3, 0.4) is 0 Å². The van der Waals surface area contributed by atoms with Gasteiger partial charge < -0.3 is 5.32 Å². The Kier molecular flexibility index (Phi) is 6.81. The van der Waals surface area contributed by atoms with Crippen molar-refractivity contribution in [3.05, 3.63) is 63.1 Å². The first kappa shape index (κ1) is 21.3. The highest BCUT2D eigenvalue weighted by atomic mass is 79.9. The third-order valence-electron chi connectivity index (χ3n) is 4.87. The van der Waals surface area contributed by atoms with E-state index >= 15 is 0 Å². The Hall–Kier alpha value is -1.41. The summed E-state index contributed by atoms with van der Waals surface area (Å²) in [6, 6.07) is 12.7. The molecule has 8 heteroatoms. The summed E-state index contributed by atoms with van der Waals surface area (Å²) in [5.41, 5.74) is 2.50. The molecule has 150 valence electrons. The van der Waals surface area contributed by atoms with Gasteiger partial charge >= 0.3 is 0 Å². The normalized spacial score (nSPS) is 16.1. The molecule has 1 N–H and O–H groups in total. The number of benzene rings is 2. The summed E-state index contributed by atoms with van der Waals surface area (Å²) < 4.78 is 27.6. The average molecular weight is 486 g/mol. The van der Waals surface area contributed by atoms with Gasteiger partial charge in [0.1, 0.15) is 0 Å². The van der Waals surface area contributed by atoms with E-state index in [9.17, 15) is 13.2 Å². The van der Waals surface area contributed by atoms with Crippen molar-refractivity contribution in [2.75, 3.05) is 18.4 Å². The van der Waals surface area contributed by atoms with E-state index in [1.54, 1.807) is 18.2 Å². The van der Waals surface area contributed by atoms with Crippen molar-refractivity contribution in [3.63, 3.8) is 0 Å². The van der Waals surface area contributed by atoms with Crippen molar-refractivity contribution in [1.82, 2.24) is 4.31 Å². The van der Waals surface area contributed by atoms with Crippen molar-refractivity contribution in [1.29, 1.82) is 0 Å². The van der Waals surface area contributed by atoms with Gasteiger partial charge in [-0.3, -0.25) is 4.79 Å². The summed E-state index contributed by atoms with van der Waals surface area (Å²) in [7, 11) is -3.39. The molecule has 1 heterocycles. The minimum Gasteiger partial charge on any atom is -0.326 e. The Bertz CT molecular complexity index is 956. The van der Waals surface area contributed by atoms with Crippen LogP contribution in [0.2, 0.25) is 5.02 Å². The van der Waals surface area contributed by atoms with Crippen LogP contribution < -0.4 is 5.32 Å². The third kappa shape index (κ3) is 5.35. The van der Waals surface area contributed by atoms with Gasteiger partial charge in [-0.25, -0.2) is 12.7 Å². The predicted molar refractivity (Wildman–Crippen MR) is 116 cm³/mol. The highest BCUT2D eigenvalue weighted by Crippen LogP contribution is 2.27. The second kappa shape index (κ2) is 8.95. The number of halogens is 2. The maximum Gasteiger partial charge on any atom is 0.227 e. The fourth-order valence-electron chi connectivity index (χ4n) is 3.20. The molecule has 1 fully saturated rings. The van der Waals surface area contributed by atoms with E-state index in [1.165, 1.54) is 4.31 Å². The summed E-state index contributed by atoms with van der Waals surface area (Å²) in [5, 5.41) is 3.39. The maximum absolute atomic E-state index is 12.7. The molecule has 1 amide bonds. The zero-order chi connectivity index (χ0) is 20.3. The Morgan fingerprint density at radius 2 is 1.82 bits per heavy atom. The number of sulfonamides is 1. The minimum absolute atomic E-state index is 0.0124. The lowest BCUT2D eigenvalue weighted by molar-refractivity contribution is -0.120. The van der Waals surface area contributed by atoms with Crippen LogP contribution in [-0.4, -0.2) is 31.7 Å². The summed E-state index contributed by atoms with van der Waals surface area (Å²) in [4.78, 5) is 12.5. The number of hydrogen-bond donors (Lipinski definition) is 1. The van der Waals surface area contributed by atoms with Crippen LogP contribution >= 0.6 is 27.5 Å². The van der Waals surface area contributed by atoms with Crippen LogP contribution in [0.5, 0.6) is 0 Å². The van der Waals surface area contributed by atoms with Crippen LogP contribution in [0.25, 0.3) is 0 Å². The summed E-state index contributed by atoms with van der Waals surface area (Å²) in [6.45, 7) is 2.68. The Labute approximate surface area is 179 Å². The molecule has 0 spiro atoms. The zero-order valence-corrected chi connectivity index (χ0v) is 18.6. The monoisotopic (exact) mass is 484 g/mol. The number of nitrogens with zero attached hydrogens (tertiary/aromatic N) is 1. The van der Waals surface area contributed by atoms with Gasteiger partial charge in [0.05, 0.1) is 10.8 Å². The number of rotatable bonds is 5. The van der Waals surface area contributed by atoms with E-state index in [4.69, 9.17) is 11.6 Å². The number of nitrogens with one attached hydrogen (secondary N) is 1. The molecule has 0 unspecified atom stereocenters. The van der Waals surface area contributed by atoms with E-state index in [-0.39, 0.29) is 17.6 Å². The van der Waals surface area contributed by atoms with Gasteiger partial charge in [-0.05, 0) is 59.5 Å². The first-order valence-electron chi connectivity index (χ1n) is 9.04. The first-order valence-corrected chi connectivity index (χ1v) is 11.8. The molecule has 0 radical (unpaired) electrons. The van der Waals surface area contributed by atoms with Gasteiger partial charge in [-0.2, -0.15) is 0 Å². The van der Waals surface area contributed by atoms with Crippen molar-refractivity contribution < 1.29 is 13.2 Å². The molecule has 1 aliphatic heterocycles. The van der Waals surface area contributed by atoms with E-state index in [0.29, 0.717) is 36.6 Å². The van der Waals surface area contributed by atoms with E-state index in [0.717, 1.165) is 15.6 Å². The molecule has 3 rings (SSSR count). The van der Waals surface area contributed by atoms with Gasteiger partial charge in [0.15, 0.2) is 0 Å². The molecule has 1 aliphatic rings. The number of carbonyl (C=O) groups excluding carboxylic acids is 1. The van der Waals surface area contributed by atoms with Crippen molar-refractivity contribution in [3.8, 4) is 0 Å². The molecule has 0 bridgehead atoms. The SMILES string of the molecule is Cc1ccc(CS(=O)(=O)N2CCC(C(=O)Nc3ccc(Br)c(Cl)c3)CC2)cc1. The van der Waals surface area contributed by atoms with E-state index in [1.807, 2.05) is 31.2 Å². The fraction of sp³-hybridized carbons (Fsp3) is 0.350. The molecule has 0 atom stereocenters. The van der Waals surface area contributed by atoms with E-state index < -0.39 is 10.0 Å². The highest BCUT2D eigenvalue weighted by molar-refractivity contribution is 9.10. The van der Waals surface area contributed by atoms with Crippen LogP contribution in [0.1, 0.15) is 24.0 Å². The molecule has 0 aliphatic carbocycles. The third-order valence-corrected chi connectivity index (χ3v) is 7.96. The van der Waals surface area contributed by atoms with Crippen LogP contribution in [-0.2, 0) is 20.6 Å². The summed E-state index contributed by atoms with van der Waals surface area (Å²) in [6.07, 6.45) is 1.01. The van der Waals surface area contributed by atoms with Gasteiger partial charge in [0.25, 0.3) is 0 Å². The molecule has 1 saturated heterocycles. The fourth-order valence-corrected chi connectivity index (χ4v) is 5.19. The molecular weight excluding hydrogens is 464 g/mol. The summed E-state index contributed by atoms with van der Waals surface area (Å²) in [5.74, 6) is -0.330. The maximum atomic E-state index is 12.7. The second-order valence-corrected chi connectivity index (χ2v) is 10.3. The van der Waals surface area contributed by atoms with Gasteiger partial charge in [0, 0.05) is 29.2 Å². The smallest absolute Gasteiger partial charge is 0.227 e. The Morgan fingerprint density at radius 3 is 2.43 bits per heavy atom. The number of anilines is 1. The van der Waals surface area contributed by atoms with Crippen LogP contribution in [0.4, 0.5) is 5.69 Å². The molecular formula is C20H22BrClN2O3S. The molecule has 5 nitrogen and oxygen atoms in total. The Balaban J connectivity index is 1.56. The molecule has 2 aromatic carbocycles. The van der Waals surface area contributed by atoms with Crippen molar-refractivity contribution in [2.24, 2.45) is 5.92 Å². The van der Waals surface area contributed by atoms with Crippen molar-refractivity contribution in [2.45, 2.75) is 25.5 Å². The van der Waals surface area contributed by atoms with Gasteiger partial charge in [-0.15, -0.1) is 0 Å². The largest absolute Gasteiger partial charge is 0.326 e. The standard InChI is InChI=1S/C20H22BrClN2O3S/c1-14-2-4-15(5-3-14)13-28(26,27)24-10-8-16(9-11-24)20(25)23-17-6-7-18(21)19(22)12-17/h2-7,12,16H,8-11,13H2,1H3,(H,23,25). The highest BCUT2D eigenvalue weighted by Gasteiger charge is 2.31. The lowest BCUT2D eigenvalue weighted by Crippen LogP contribution is -2.41. The number of aryl methyl sites for hydroxylation is 1. The minimum atomic E-state index is -3.39. The average Bonchev–Trinajstić information content (AvgIpc) is 2.66. The van der Waals surface area contributed by atoms with Gasteiger partial charge in [0.2, 0.25) is 15.9 Å². The number of carbonyl (C=O) groups is 1. The Morgan fingerprint density at radius 1 is 1.18 bits per heavy atom. The van der Waals surface area contributed by atoms with Crippen molar-refractivity contribution >= 4 is 49.1 Å². The lowest BCUT2D eigenvalue weighted by Gasteiger charge is -2.30. The zero-order valence-electron chi connectivity index (χ0n) is 15.5. The van der Waals surface area contributed by atoms with E-state index in [2.05, 4.69) is 21.2 Å².